The molecular weight excluding hydrogens is 330 g/mol. The maximum Gasteiger partial charge on any atom is 0.246 e. The first-order valence-electron chi connectivity index (χ1n) is 8.73. The van der Waals surface area contributed by atoms with Crippen molar-refractivity contribution in [2.75, 3.05) is 18.6 Å². The van der Waals surface area contributed by atoms with E-state index < -0.39 is 0 Å². The second kappa shape index (κ2) is 6.80. The summed E-state index contributed by atoms with van der Waals surface area (Å²) >= 11 is 0. The summed E-state index contributed by atoms with van der Waals surface area (Å²) in [7, 11) is 1.65. The van der Waals surface area contributed by atoms with Crippen LogP contribution in [0.2, 0.25) is 0 Å². The molecule has 0 fully saturated rings. The SMILES string of the molecule is COc1ccc2c(c1)CCCN2C(=O)Cn1c(CO)nc2ccccc21. The summed E-state index contributed by atoms with van der Waals surface area (Å²) < 4.78 is 7.10. The third-order valence-electron chi connectivity index (χ3n) is 4.87. The molecule has 6 heteroatoms. The highest BCUT2D eigenvalue weighted by Crippen LogP contribution is 2.31. The molecule has 26 heavy (non-hydrogen) atoms. The molecule has 1 aliphatic rings. The van der Waals surface area contributed by atoms with Gasteiger partial charge in [-0.3, -0.25) is 4.79 Å². The number of aliphatic hydroxyl groups is 1. The molecule has 0 bridgehead atoms. The van der Waals surface area contributed by atoms with E-state index in [-0.39, 0.29) is 19.1 Å². The lowest BCUT2D eigenvalue weighted by molar-refractivity contribution is -0.119. The Morgan fingerprint density at radius 2 is 2.12 bits per heavy atom. The van der Waals surface area contributed by atoms with E-state index in [1.54, 1.807) is 11.7 Å². The molecule has 0 unspecified atom stereocenters. The van der Waals surface area contributed by atoms with Crippen molar-refractivity contribution >= 4 is 22.6 Å². The number of nitrogens with zero attached hydrogens (tertiary/aromatic N) is 3. The lowest BCUT2D eigenvalue weighted by atomic mass is 10.0. The highest BCUT2D eigenvalue weighted by atomic mass is 16.5. The van der Waals surface area contributed by atoms with E-state index in [0.29, 0.717) is 12.4 Å². The summed E-state index contributed by atoms with van der Waals surface area (Å²) in [5.41, 5.74) is 3.71. The molecule has 6 nitrogen and oxygen atoms in total. The van der Waals surface area contributed by atoms with Gasteiger partial charge in [0.15, 0.2) is 0 Å². The highest BCUT2D eigenvalue weighted by molar-refractivity contribution is 5.95. The number of carbonyl (C=O) groups is 1. The number of anilines is 1. The average molecular weight is 351 g/mol. The fraction of sp³-hybridized carbons (Fsp3) is 0.300. The van der Waals surface area contributed by atoms with Crippen LogP contribution >= 0.6 is 0 Å². The Balaban J connectivity index is 1.66. The monoisotopic (exact) mass is 351 g/mol. The minimum atomic E-state index is -0.199. The number of benzene rings is 2. The van der Waals surface area contributed by atoms with Crippen LogP contribution in [0, 0.1) is 0 Å². The topological polar surface area (TPSA) is 67.6 Å². The highest BCUT2D eigenvalue weighted by Gasteiger charge is 2.24. The van der Waals surface area contributed by atoms with Crippen LogP contribution in [0.1, 0.15) is 17.8 Å². The van der Waals surface area contributed by atoms with Gasteiger partial charge in [-0.05, 0) is 48.7 Å². The van der Waals surface area contributed by atoms with Crippen LogP contribution in [0.5, 0.6) is 5.75 Å². The van der Waals surface area contributed by atoms with Crippen molar-refractivity contribution in [2.45, 2.75) is 26.0 Å². The van der Waals surface area contributed by atoms with Gasteiger partial charge in [0.1, 0.15) is 24.7 Å². The number of amides is 1. The summed E-state index contributed by atoms with van der Waals surface area (Å²) in [6, 6.07) is 13.5. The van der Waals surface area contributed by atoms with Crippen molar-refractivity contribution in [3.63, 3.8) is 0 Å². The molecule has 1 amide bonds. The van der Waals surface area contributed by atoms with E-state index in [1.807, 2.05) is 47.4 Å². The molecule has 1 N–H and O–H groups in total. The van der Waals surface area contributed by atoms with Crippen molar-refractivity contribution in [1.29, 1.82) is 0 Å². The molecule has 1 aliphatic heterocycles. The number of carbonyl (C=O) groups excluding carboxylic acids is 1. The molecule has 0 radical (unpaired) electrons. The van der Waals surface area contributed by atoms with Gasteiger partial charge in [-0.1, -0.05) is 12.1 Å². The maximum atomic E-state index is 13.1. The lowest BCUT2D eigenvalue weighted by Gasteiger charge is -2.30. The molecule has 4 rings (SSSR count). The van der Waals surface area contributed by atoms with Crippen LogP contribution < -0.4 is 9.64 Å². The Morgan fingerprint density at radius 3 is 2.92 bits per heavy atom. The van der Waals surface area contributed by atoms with Gasteiger partial charge >= 0.3 is 0 Å². The minimum absolute atomic E-state index is 0.00558. The second-order valence-corrected chi connectivity index (χ2v) is 6.40. The number of aliphatic hydroxyl groups excluding tert-OH is 1. The number of rotatable bonds is 4. The number of aryl methyl sites for hydroxylation is 1. The van der Waals surface area contributed by atoms with Crippen LogP contribution in [0.4, 0.5) is 5.69 Å². The van der Waals surface area contributed by atoms with E-state index in [9.17, 15) is 9.90 Å². The quantitative estimate of drug-likeness (QED) is 0.784. The van der Waals surface area contributed by atoms with Crippen molar-refractivity contribution < 1.29 is 14.6 Å². The predicted molar refractivity (Wildman–Crippen MR) is 99.3 cm³/mol. The van der Waals surface area contributed by atoms with Gasteiger partial charge in [0.2, 0.25) is 5.91 Å². The molecule has 134 valence electrons. The fourth-order valence-corrected chi connectivity index (χ4v) is 3.60. The molecule has 2 aromatic carbocycles. The summed E-state index contributed by atoms with van der Waals surface area (Å²) in [6.45, 7) is 0.650. The van der Waals surface area contributed by atoms with E-state index in [2.05, 4.69) is 4.98 Å². The van der Waals surface area contributed by atoms with E-state index in [4.69, 9.17) is 4.74 Å². The van der Waals surface area contributed by atoms with E-state index >= 15 is 0 Å². The van der Waals surface area contributed by atoms with Crippen molar-refractivity contribution in [3.8, 4) is 5.75 Å². The van der Waals surface area contributed by atoms with Crippen molar-refractivity contribution in [3.05, 3.63) is 53.9 Å². The lowest BCUT2D eigenvalue weighted by Crippen LogP contribution is -2.38. The molecule has 0 spiro atoms. The molecule has 2 heterocycles. The molecular formula is C20H21N3O3. The van der Waals surface area contributed by atoms with Gasteiger partial charge in [0.05, 0.1) is 18.1 Å². The number of methoxy groups -OCH3 is 1. The van der Waals surface area contributed by atoms with Gasteiger partial charge in [-0.25, -0.2) is 4.98 Å². The molecule has 0 saturated heterocycles. The summed E-state index contributed by atoms with van der Waals surface area (Å²) in [4.78, 5) is 19.3. The van der Waals surface area contributed by atoms with E-state index in [1.165, 1.54) is 0 Å². The van der Waals surface area contributed by atoms with Gasteiger partial charge in [-0.15, -0.1) is 0 Å². The Labute approximate surface area is 151 Å². The Morgan fingerprint density at radius 1 is 1.27 bits per heavy atom. The number of para-hydroxylation sites is 2. The third kappa shape index (κ3) is 2.82. The summed E-state index contributed by atoms with van der Waals surface area (Å²) in [5.74, 6) is 1.31. The summed E-state index contributed by atoms with van der Waals surface area (Å²) in [5, 5.41) is 9.64. The van der Waals surface area contributed by atoms with E-state index in [0.717, 1.165) is 40.9 Å². The molecule has 0 saturated carbocycles. The smallest absolute Gasteiger partial charge is 0.246 e. The van der Waals surface area contributed by atoms with Gasteiger partial charge < -0.3 is 19.3 Å². The first-order valence-corrected chi connectivity index (χ1v) is 8.73. The Hall–Kier alpha value is -2.86. The van der Waals surface area contributed by atoms with Crippen LogP contribution in [-0.4, -0.2) is 34.2 Å². The number of aromatic nitrogens is 2. The van der Waals surface area contributed by atoms with Crippen LogP contribution in [0.25, 0.3) is 11.0 Å². The zero-order valence-electron chi connectivity index (χ0n) is 14.7. The number of ether oxygens (including phenoxy) is 1. The van der Waals surface area contributed by atoms with Crippen LogP contribution in [0.15, 0.2) is 42.5 Å². The molecule has 1 aromatic heterocycles. The number of imidazole rings is 1. The molecule has 0 aliphatic carbocycles. The van der Waals surface area contributed by atoms with Crippen molar-refractivity contribution in [1.82, 2.24) is 9.55 Å². The van der Waals surface area contributed by atoms with Gasteiger partial charge in [0, 0.05) is 12.2 Å². The standard InChI is InChI=1S/C20H21N3O3/c1-26-15-8-9-17-14(11-15)5-4-10-22(17)20(25)12-23-18-7-3-2-6-16(18)21-19(23)13-24/h2-3,6-9,11,24H,4-5,10,12-13H2,1H3. The number of hydrogen-bond donors (Lipinski definition) is 1. The third-order valence-corrected chi connectivity index (χ3v) is 4.87. The first kappa shape index (κ1) is 16.6. The molecule has 3 aromatic rings. The predicted octanol–water partition coefficient (Wildman–Crippen LogP) is 2.52. The van der Waals surface area contributed by atoms with Crippen LogP contribution in [0.3, 0.4) is 0 Å². The van der Waals surface area contributed by atoms with Gasteiger partial charge in [0.25, 0.3) is 0 Å². The Kier molecular flexibility index (Phi) is 4.34. The summed E-state index contributed by atoms with van der Waals surface area (Å²) in [6.07, 6.45) is 1.86. The first-order chi connectivity index (χ1) is 12.7. The van der Waals surface area contributed by atoms with Gasteiger partial charge in [-0.2, -0.15) is 0 Å². The average Bonchev–Trinajstić information content (AvgIpc) is 3.04. The fourth-order valence-electron chi connectivity index (χ4n) is 3.60. The second-order valence-electron chi connectivity index (χ2n) is 6.40. The maximum absolute atomic E-state index is 13.1. The van der Waals surface area contributed by atoms with Crippen LogP contribution in [-0.2, 0) is 24.4 Å². The molecule has 0 atom stereocenters. The van der Waals surface area contributed by atoms with Crippen molar-refractivity contribution in [2.24, 2.45) is 0 Å². The number of fused-ring (bicyclic) bond motifs is 2. The number of hydrogen-bond acceptors (Lipinski definition) is 4. The Bertz CT molecular complexity index is 964. The zero-order chi connectivity index (χ0) is 18.1. The largest absolute Gasteiger partial charge is 0.497 e. The zero-order valence-corrected chi connectivity index (χ0v) is 14.7. The normalized spacial score (nSPS) is 13.7. The minimum Gasteiger partial charge on any atom is -0.497 e.